The van der Waals surface area contributed by atoms with E-state index in [9.17, 15) is 34.4 Å². The molecule has 244 valence electrons. The average Bonchev–Trinajstić information content (AvgIpc) is 3.76. The SMILES string of the molecule is CCS(=O)(=O)NCCCc1ccc(F)[c-]c1F.CCS(=O)(=O)NCCCc1ccc(F)[c-]c1F.[C-]1=CC=CC1.[C-]1=CC=CC1.[Ti+4]. The summed E-state index contributed by atoms with van der Waals surface area (Å²) in [6.45, 7) is 3.56. The maximum Gasteiger partial charge on any atom is 4.00 e. The van der Waals surface area contributed by atoms with E-state index in [0.29, 0.717) is 36.8 Å². The van der Waals surface area contributed by atoms with Crippen LogP contribution in [0.2, 0.25) is 0 Å². The van der Waals surface area contributed by atoms with Crippen molar-refractivity contribution in [2.24, 2.45) is 0 Å². The van der Waals surface area contributed by atoms with Gasteiger partial charge in [-0.15, -0.1) is 48.2 Å². The summed E-state index contributed by atoms with van der Waals surface area (Å²) < 4.78 is 100. The van der Waals surface area contributed by atoms with Crippen LogP contribution in [0.15, 0.2) is 60.7 Å². The fourth-order valence-corrected chi connectivity index (χ4v) is 4.55. The Bertz CT molecular complexity index is 1350. The number of sulfonamides is 2. The van der Waals surface area contributed by atoms with Crippen molar-refractivity contribution in [2.75, 3.05) is 24.6 Å². The molecule has 0 spiro atoms. The molecule has 0 unspecified atom stereocenters. The number of hydrogen-bond donors (Lipinski definition) is 2. The molecule has 0 bridgehead atoms. The number of halogens is 4. The number of allylic oxidation sites excluding steroid dienone is 8. The van der Waals surface area contributed by atoms with E-state index in [1.165, 1.54) is 26.0 Å². The molecule has 0 amide bonds. The fraction of sp³-hybridized carbons (Fsp3) is 0.375. The summed E-state index contributed by atoms with van der Waals surface area (Å²) >= 11 is 0. The van der Waals surface area contributed by atoms with Crippen molar-refractivity contribution in [1.82, 2.24) is 9.44 Å². The molecule has 0 saturated heterocycles. The topological polar surface area (TPSA) is 92.3 Å². The van der Waals surface area contributed by atoms with E-state index in [1.54, 1.807) is 0 Å². The van der Waals surface area contributed by atoms with E-state index < -0.39 is 43.3 Å². The molecule has 0 heterocycles. The van der Waals surface area contributed by atoms with Crippen LogP contribution >= 0.6 is 0 Å². The Kier molecular flexibility index (Phi) is 22.7. The molecule has 2 aliphatic carbocycles. The number of benzene rings is 2. The Morgan fingerprint density at radius 2 is 1.04 bits per heavy atom. The van der Waals surface area contributed by atoms with Crippen molar-refractivity contribution < 1.29 is 56.1 Å². The van der Waals surface area contributed by atoms with Crippen LogP contribution in [-0.4, -0.2) is 41.4 Å². The molecule has 0 aliphatic heterocycles. The summed E-state index contributed by atoms with van der Waals surface area (Å²) in [6, 6.07) is 8.82. The Hall–Kier alpha value is -2.35. The molecule has 2 aliphatic rings. The van der Waals surface area contributed by atoms with Gasteiger partial charge in [-0.05, 0) is 26.7 Å². The predicted octanol–water partition coefficient (Wildman–Crippen LogP) is 5.88. The first-order valence-electron chi connectivity index (χ1n) is 14.0. The summed E-state index contributed by atoms with van der Waals surface area (Å²) in [6.07, 6.45) is 21.6. The summed E-state index contributed by atoms with van der Waals surface area (Å²) in [4.78, 5) is 0. The van der Waals surface area contributed by atoms with Gasteiger partial charge in [0.15, 0.2) is 0 Å². The molecule has 6 nitrogen and oxygen atoms in total. The molecule has 0 fully saturated rings. The number of hydrogen-bond acceptors (Lipinski definition) is 4. The van der Waals surface area contributed by atoms with Crippen molar-refractivity contribution in [1.29, 1.82) is 0 Å². The van der Waals surface area contributed by atoms with Gasteiger partial charge in [-0.3, -0.25) is 12.2 Å². The van der Waals surface area contributed by atoms with Crippen molar-refractivity contribution >= 4 is 20.0 Å². The van der Waals surface area contributed by atoms with Gasteiger partial charge in [0.2, 0.25) is 20.0 Å². The van der Waals surface area contributed by atoms with Gasteiger partial charge in [0.25, 0.3) is 0 Å². The van der Waals surface area contributed by atoms with E-state index in [0.717, 1.165) is 25.0 Å². The smallest absolute Gasteiger partial charge is 0.273 e. The van der Waals surface area contributed by atoms with Crippen molar-refractivity contribution in [3.05, 3.63) is 119 Å². The zero-order chi connectivity index (χ0) is 32.8. The molecule has 2 aromatic carbocycles. The predicted molar refractivity (Wildman–Crippen MR) is 165 cm³/mol. The van der Waals surface area contributed by atoms with Crippen LogP contribution in [0.1, 0.15) is 50.7 Å². The molecule has 4 rings (SSSR count). The molecule has 0 aromatic heterocycles. The van der Waals surface area contributed by atoms with Gasteiger partial charge in [0, 0.05) is 36.4 Å². The Labute approximate surface area is 280 Å². The van der Waals surface area contributed by atoms with Crippen LogP contribution in [0, 0.1) is 47.6 Å². The second kappa shape index (κ2) is 23.9. The van der Waals surface area contributed by atoms with Gasteiger partial charge in [-0.2, -0.15) is 24.3 Å². The van der Waals surface area contributed by atoms with Gasteiger partial charge in [-0.1, -0.05) is 12.8 Å². The normalized spacial score (nSPS) is 12.8. The largest absolute Gasteiger partial charge is 4.00 e. The fourth-order valence-electron chi connectivity index (χ4n) is 3.23. The van der Waals surface area contributed by atoms with E-state index >= 15 is 0 Å². The van der Waals surface area contributed by atoms with Crippen molar-refractivity contribution in [2.45, 2.75) is 52.4 Å². The third-order valence-corrected chi connectivity index (χ3v) is 8.51. The zero-order valence-electron chi connectivity index (χ0n) is 25.3. The molecular formula is C32H38F4N2O4S2Ti. The molecule has 2 aromatic rings. The van der Waals surface area contributed by atoms with Gasteiger partial charge in [0.1, 0.15) is 0 Å². The maximum absolute atomic E-state index is 13.1. The van der Waals surface area contributed by atoms with Gasteiger partial charge >= 0.3 is 21.7 Å². The quantitative estimate of drug-likeness (QED) is 0.125. The van der Waals surface area contributed by atoms with Gasteiger partial charge in [-0.25, -0.2) is 68.1 Å². The molecule has 45 heavy (non-hydrogen) atoms. The number of nitrogens with one attached hydrogen (secondary N) is 2. The van der Waals surface area contributed by atoms with Crippen molar-refractivity contribution in [3.63, 3.8) is 0 Å². The first-order chi connectivity index (χ1) is 20.9. The Morgan fingerprint density at radius 1 is 0.667 bits per heavy atom. The van der Waals surface area contributed by atoms with Crippen LogP contribution in [0.5, 0.6) is 0 Å². The Balaban J connectivity index is 0.000000644. The van der Waals surface area contributed by atoms with Crippen LogP contribution in [0.25, 0.3) is 0 Å². The first kappa shape index (κ1) is 42.7. The molecular weight excluding hydrogens is 664 g/mol. The van der Waals surface area contributed by atoms with E-state index in [-0.39, 0.29) is 46.3 Å². The summed E-state index contributed by atoms with van der Waals surface area (Å²) in [5.74, 6) is -2.88. The van der Waals surface area contributed by atoms with Crippen LogP contribution in [0.4, 0.5) is 17.6 Å². The molecule has 0 saturated carbocycles. The van der Waals surface area contributed by atoms with Crippen LogP contribution < -0.4 is 9.44 Å². The van der Waals surface area contributed by atoms with E-state index in [2.05, 4.69) is 33.7 Å². The third kappa shape index (κ3) is 21.1. The third-order valence-electron chi connectivity index (χ3n) is 5.71. The molecule has 0 radical (unpaired) electrons. The first-order valence-corrected chi connectivity index (χ1v) is 17.3. The number of aryl methyl sites for hydroxylation is 2. The van der Waals surface area contributed by atoms with E-state index in [4.69, 9.17) is 0 Å². The van der Waals surface area contributed by atoms with Gasteiger partial charge < -0.3 is 0 Å². The van der Waals surface area contributed by atoms with Gasteiger partial charge in [0.05, 0.1) is 11.5 Å². The molecule has 2 N–H and O–H groups in total. The maximum atomic E-state index is 13.1. The summed E-state index contributed by atoms with van der Waals surface area (Å²) in [5.41, 5.74) is 0.671. The molecule has 0 atom stereocenters. The minimum Gasteiger partial charge on any atom is -0.273 e. The van der Waals surface area contributed by atoms with Crippen LogP contribution in [-0.2, 0) is 54.6 Å². The Morgan fingerprint density at radius 3 is 1.29 bits per heavy atom. The summed E-state index contributed by atoms with van der Waals surface area (Å²) in [5, 5.41) is 0. The number of rotatable bonds is 12. The second-order valence-electron chi connectivity index (χ2n) is 9.10. The zero-order valence-corrected chi connectivity index (χ0v) is 28.5. The monoisotopic (exact) mass is 702 g/mol. The second-order valence-corrected chi connectivity index (χ2v) is 13.3. The minimum atomic E-state index is -3.20. The standard InChI is InChI=1S/2C11H14F2NO2S.2C5H5.Ti/c2*1-2-17(15,16)14-7-3-4-9-5-6-10(12)8-11(9)13;2*1-2-4-5-3-1;/h2*5-6,14H,2-4,7H2,1H3;2*1-3H,4H2;/q4*-1;+4. The minimum absolute atomic E-state index is 0. The molecule has 13 heteroatoms. The van der Waals surface area contributed by atoms with Crippen molar-refractivity contribution in [3.8, 4) is 0 Å². The summed E-state index contributed by atoms with van der Waals surface area (Å²) in [7, 11) is -6.40. The van der Waals surface area contributed by atoms with Crippen LogP contribution in [0.3, 0.4) is 0 Å². The van der Waals surface area contributed by atoms with E-state index in [1.807, 2.05) is 36.4 Å². The average molecular weight is 703 g/mol.